The zero-order valence-electron chi connectivity index (χ0n) is 15.1. The summed E-state index contributed by atoms with van der Waals surface area (Å²) in [6, 6.07) is 13.2. The van der Waals surface area contributed by atoms with Gasteiger partial charge in [0.25, 0.3) is 5.91 Å². The summed E-state index contributed by atoms with van der Waals surface area (Å²) in [5.41, 5.74) is 4.49. The summed E-state index contributed by atoms with van der Waals surface area (Å²) in [5, 5.41) is 0.901. The zero-order chi connectivity index (χ0) is 18.7. The van der Waals surface area contributed by atoms with Crippen molar-refractivity contribution in [3.05, 3.63) is 65.4 Å². The van der Waals surface area contributed by atoms with Gasteiger partial charge in [0.1, 0.15) is 5.58 Å². The quantitative estimate of drug-likeness (QED) is 0.656. The third kappa shape index (κ3) is 3.61. The standard InChI is InChI=1S/C21H21NO4/c1-14-9-10-18-16(12-26-21(18)15(14)2)11-20(24)25-13-19(23)22(3)17-7-5-4-6-8-17/h4-10,12H,11,13H2,1-3H3. The first-order valence-electron chi connectivity index (χ1n) is 8.41. The molecule has 0 aliphatic heterocycles. The van der Waals surface area contributed by atoms with Crippen LogP contribution in [0.15, 0.2) is 53.1 Å². The van der Waals surface area contributed by atoms with E-state index in [-0.39, 0.29) is 18.9 Å². The lowest BCUT2D eigenvalue weighted by molar-refractivity contribution is -0.147. The Kier molecular flexibility index (Phi) is 5.07. The van der Waals surface area contributed by atoms with Crippen LogP contribution >= 0.6 is 0 Å². The van der Waals surface area contributed by atoms with Gasteiger partial charge in [-0.05, 0) is 37.1 Å². The van der Waals surface area contributed by atoms with Gasteiger partial charge in [0, 0.05) is 23.7 Å². The van der Waals surface area contributed by atoms with E-state index in [0.717, 1.165) is 33.3 Å². The lowest BCUT2D eigenvalue weighted by atomic mass is 10.0. The lowest BCUT2D eigenvalue weighted by Crippen LogP contribution is -2.31. The Bertz CT molecular complexity index is 943. The Balaban J connectivity index is 1.61. The number of rotatable bonds is 5. The fourth-order valence-electron chi connectivity index (χ4n) is 2.77. The van der Waals surface area contributed by atoms with E-state index < -0.39 is 5.97 Å². The van der Waals surface area contributed by atoms with E-state index in [4.69, 9.17) is 9.15 Å². The van der Waals surface area contributed by atoms with E-state index in [2.05, 4.69) is 0 Å². The molecule has 26 heavy (non-hydrogen) atoms. The number of nitrogens with zero attached hydrogens (tertiary/aromatic N) is 1. The van der Waals surface area contributed by atoms with E-state index >= 15 is 0 Å². The maximum absolute atomic E-state index is 12.2. The summed E-state index contributed by atoms with van der Waals surface area (Å²) in [5.74, 6) is -0.742. The second-order valence-corrected chi connectivity index (χ2v) is 6.27. The van der Waals surface area contributed by atoms with Crippen molar-refractivity contribution in [1.29, 1.82) is 0 Å². The van der Waals surface area contributed by atoms with Gasteiger partial charge >= 0.3 is 5.97 Å². The summed E-state index contributed by atoms with van der Waals surface area (Å²) >= 11 is 0. The van der Waals surface area contributed by atoms with E-state index in [0.29, 0.717) is 0 Å². The molecule has 5 nitrogen and oxygen atoms in total. The normalized spacial score (nSPS) is 10.7. The van der Waals surface area contributed by atoms with Crippen LogP contribution in [0.4, 0.5) is 5.69 Å². The van der Waals surface area contributed by atoms with Crippen LogP contribution in [0.25, 0.3) is 11.0 Å². The number of hydrogen-bond donors (Lipinski definition) is 0. The molecule has 3 aromatic rings. The average molecular weight is 351 g/mol. The van der Waals surface area contributed by atoms with Crippen LogP contribution in [0.1, 0.15) is 16.7 Å². The van der Waals surface area contributed by atoms with Crippen molar-refractivity contribution < 1.29 is 18.7 Å². The van der Waals surface area contributed by atoms with Crippen molar-refractivity contribution in [3.63, 3.8) is 0 Å². The van der Waals surface area contributed by atoms with E-state index in [1.807, 2.05) is 56.3 Å². The smallest absolute Gasteiger partial charge is 0.310 e. The molecular formula is C21H21NO4. The molecule has 0 saturated carbocycles. The maximum atomic E-state index is 12.2. The van der Waals surface area contributed by atoms with E-state index in [1.165, 1.54) is 4.90 Å². The predicted molar refractivity (Wildman–Crippen MR) is 100 cm³/mol. The van der Waals surface area contributed by atoms with Crippen LogP contribution in [0.2, 0.25) is 0 Å². The number of likely N-dealkylation sites (N-methyl/N-ethyl adjacent to an activating group) is 1. The molecule has 0 spiro atoms. The van der Waals surface area contributed by atoms with Crippen molar-refractivity contribution >= 4 is 28.5 Å². The summed E-state index contributed by atoms with van der Waals surface area (Å²) in [7, 11) is 1.65. The molecule has 0 atom stereocenters. The van der Waals surface area contributed by atoms with E-state index in [1.54, 1.807) is 13.3 Å². The minimum Gasteiger partial charge on any atom is -0.464 e. The van der Waals surface area contributed by atoms with Gasteiger partial charge in [-0.1, -0.05) is 30.3 Å². The number of ether oxygens (including phenoxy) is 1. The summed E-state index contributed by atoms with van der Waals surface area (Å²) in [4.78, 5) is 25.8. The second kappa shape index (κ2) is 7.44. The summed E-state index contributed by atoms with van der Waals surface area (Å²) in [6.45, 7) is 3.71. The van der Waals surface area contributed by atoms with Crippen molar-refractivity contribution in [2.75, 3.05) is 18.6 Å². The number of hydrogen-bond acceptors (Lipinski definition) is 4. The number of aryl methyl sites for hydroxylation is 2. The fourth-order valence-corrected chi connectivity index (χ4v) is 2.77. The molecule has 1 amide bonds. The molecule has 0 radical (unpaired) electrons. The maximum Gasteiger partial charge on any atom is 0.310 e. The first-order valence-corrected chi connectivity index (χ1v) is 8.41. The molecule has 3 rings (SSSR count). The summed E-state index contributed by atoms with van der Waals surface area (Å²) < 4.78 is 10.8. The van der Waals surface area contributed by atoms with Crippen LogP contribution in [-0.2, 0) is 20.7 Å². The van der Waals surface area contributed by atoms with Crippen LogP contribution in [0.3, 0.4) is 0 Å². The Morgan fingerprint density at radius 1 is 1.08 bits per heavy atom. The first-order chi connectivity index (χ1) is 12.5. The van der Waals surface area contributed by atoms with Crippen LogP contribution in [-0.4, -0.2) is 25.5 Å². The summed E-state index contributed by atoms with van der Waals surface area (Å²) in [6.07, 6.45) is 1.65. The number of carbonyl (C=O) groups is 2. The molecule has 0 N–H and O–H groups in total. The molecule has 1 heterocycles. The number of amides is 1. The Morgan fingerprint density at radius 2 is 1.81 bits per heavy atom. The monoisotopic (exact) mass is 351 g/mol. The predicted octanol–water partition coefficient (Wildman–Crippen LogP) is 3.80. The van der Waals surface area contributed by atoms with Gasteiger partial charge in [-0.15, -0.1) is 0 Å². The first kappa shape index (κ1) is 17.7. The third-order valence-corrected chi connectivity index (χ3v) is 4.55. The molecular weight excluding hydrogens is 330 g/mol. The molecule has 0 aliphatic carbocycles. The number of carbonyl (C=O) groups excluding carboxylic acids is 2. The van der Waals surface area contributed by atoms with Crippen LogP contribution in [0.5, 0.6) is 0 Å². The number of benzene rings is 2. The van der Waals surface area contributed by atoms with Gasteiger partial charge < -0.3 is 14.1 Å². The molecule has 134 valence electrons. The number of anilines is 1. The fraction of sp³-hybridized carbons (Fsp3) is 0.238. The van der Waals surface area contributed by atoms with Crippen molar-refractivity contribution in [1.82, 2.24) is 0 Å². The highest BCUT2D eigenvalue weighted by Crippen LogP contribution is 2.26. The Morgan fingerprint density at radius 3 is 2.54 bits per heavy atom. The second-order valence-electron chi connectivity index (χ2n) is 6.27. The molecule has 0 unspecified atom stereocenters. The molecule has 1 aromatic heterocycles. The van der Waals surface area contributed by atoms with Gasteiger partial charge in [0.05, 0.1) is 12.7 Å². The Labute approximate surface area is 152 Å². The number of para-hydroxylation sites is 1. The molecule has 0 fully saturated rings. The number of fused-ring (bicyclic) bond motifs is 1. The topological polar surface area (TPSA) is 59.8 Å². The largest absolute Gasteiger partial charge is 0.464 e. The SMILES string of the molecule is Cc1ccc2c(CC(=O)OCC(=O)N(C)c3ccccc3)coc2c1C. The van der Waals surface area contributed by atoms with Gasteiger partial charge in [-0.2, -0.15) is 0 Å². The molecule has 2 aromatic carbocycles. The number of esters is 1. The van der Waals surface area contributed by atoms with Gasteiger partial charge in [-0.3, -0.25) is 9.59 Å². The van der Waals surface area contributed by atoms with Crippen molar-refractivity contribution in [3.8, 4) is 0 Å². The molecule has 0 bridgehead atoms. The van der Waals surface area contributed by atoms with Gasteiger partial charge in [-0.25, -0.2) is 0 Å². The number of furan rings is 1. The van der Waals surface area contributed by atoms with Crippen LogP contribution < -0.4 is 4.90 Å². The molecule has 5 heteroatoms. The van der Waals surface area contributed by atoms with Crippen LogP contribution in [0, 0.1) is 13.8 Å². The highest BCUT2D eigenvalue weighted by Gasteiger charge is 2.16. The Hall–Kier alpha value is -3.08. The average Bonchev–Trinajstić information content (AvgIpc) is 3.06. The highest BCUT2D eigenvalue weighted by atomic mass is 16.5. The molecule has 0 saturated heterocycles. The lowest BCUT2D eigenvalue weighted by Gasteiger charge is -2.17. The van der Waals surface area contributed by atoms with Gasteiger partial charge in [0.15, 0.2) is 6.61 Å². The zero-order valence-corrected chi connectivity index (χ0v) is 15.1. The molecule has 0 aliphatic rings. The van der Waals surface area contributed by atoms with Crippen molar-refractivity contribution in [2.24, 2.45) is 0 Å². The van der Waals surface area contributed by atoms with E-state index in [9.17, 15) is 9.59 Å². The van der Waals surface area contributed by atoms with Crippen molar-refractivity contribution in [2.45, 2.75) is 20.3 Å². The highest BCUT2D eigenvalue weighted by molar-refractivity contribution is 5.95. The minimum absolute atomic E-state index is 0.0673. The minimum atomic E-state index is -0.458. The third-order valence-electron chi connectivity index (χ3n) is 4.55. The van der Waals surface area contributed by atoms with Gasteiger partial charge in [0.2, 0.25) is 0 Å².